The molecule has 0 radical (unpaired) electrons. The van der Waals surface area contributed by atoms with E-state index < -0.39 is 11.7 Å². The second-order valence-corrected chi connectivity index (χ2v) is 11.3. The Kier molecular flexibility index (Phi) is 8.86. The molecule has 0 spiro atoms. The van der Waals surface area contributed by atoms with Crippen molar-refractivity contribution in [2.24, 2.45) is 0 Å². The summed E-state index contributed by atoms with van der Waals surface area (Å²) in [7, 11) is 0. The van der Waals surface area contributed by atoms with Crippen LogP contribution in [0.4, 0.5) is 9.93 Å². The minimum Gasteiger partial charge on any atom is -0.481 e. The van der Waals surface area contributed by atoms with Crippen molar-refractivity contribution in [3.8, 4) is 0 Å². The summed E-state index contributed by atoms with van der Waals surface area (Å²) in [6, 6.07) is 10.1. The van der Waals surface area contributed by atoms with Crippen LogP contribution in [-0.2, 0) is 16.1 Å². The van der Waals surface area contributed by atoms with Gasteiger partial charge in [0.05, 0.1) is 22.8 Å². The second-order valence-electron chi connectivity index (χ2n) is 9.04. The van der Waals surface area contributed by atoms with Crippen molar-refractivity contribution in [1.82, 2.24) is 9.88 Å². The molecule has 7 nitrogen and oxygen atoms in total. The zero-order chi connectivity index (χ0) is 23.8. The summed E-state index contributed by atoms with van der Waals surface area (Å²) in [4.78, 5) is 31.0. The summed E-state index contributed by atoms with van der Waals surface area (Å²) in [5, 5.41) is 12.4. The van der Waals surface area contributed by atoms with Crippen LogP contribution in [0.15, 0.2) is 40.7 Å². The third kappa shape index (κ3) is 6.52. The fraction of sp³-hybridized carbons (Fsp3) is 0.560. The Morgan fingerprint density at radius 1 is 1.12 bits per heavy atom. The Hall–Kier alpha value is -2.10. The van der Waals surface area contributed by atoms with Crippen molar-refractivity contribution in [2.75, 3.05) is 11.1 Å². The number of rotatable bonds is 9. The molecule has 0 aliphatic heterocycles. The smallest absolute Gasteiger partial charge is 0.326 e. The van der Waals surface area contributed by atoms with Gasteiger partial charge in [-0.2, -0.15) is 0 Å². The van der Waals surface area contributed by atoms with E-state index in [0.717, 1.165) is 67.6 Å². The van der Waals surface area contributed by atoms with E-state index in [2.05, 4.69) is 22.4 Å². The van der Waals surface area contributed by atoms with Crippen molar-refractivity contribution in [3.63, 3.8) is 0 Å². The van der Waals surface area contributed by atoms with E-state index in [1.54, 1.807) is 6.20 Å². The molecule has 4 rings (SSSR count). The van der Waals surface area contributed by atoms with Gasteiger partial charge in [-0.25, -0.2) is 9.78 Å². The average molecular weight is 504 g/mol. The molecular formula is C25H33N3O4S2. The monoisotopic (exact) mass is 503 g/mol. The van der Waals surface area contributed by atoms with Crippen LogP contribution in [0.2, 0.25) is 0 Å². The van der Waals surface area contributed by atoms with E-state index in [1.165, 1.54) is 29.5 Å². The molecule has 0 unspecified atom stereocenters. The molecule has 2 aliphatic rings. The maximum Gasteiger partial charge on any atom is 0.326 e. The van der Waals surface area contributed by atoms with Crippen LogP contribution in [0.1, 0.15) is 69.8 Å². The molecule has 2 saturated carbocycles. The van der Waals surface area contributed by atoms with E-state index in [-0.39, 0.29) is 17.8 Å². The Morgan fingerprint density at radius 3 is 2.53 bits per heavy atom. The summed E-state index contributed by atoms with van der Waals surface area (Å²) in [6.45, 7) is 0.477. The van der Waals surface area contributed by atoms with Gasteiger partial charge in [-0.3, -0.25) is 15.0 Å². The van der Waals surface area contributed by atoms with Crippen molar-refractivity contribution in [1.29, 1.82) is 0 Å². The fourth-order valence-corrected chi connectivity index (χ4v) is 6.62. The molecule has 2 N–H and O–H groups in total. The van der Waals surface area contributed by atoms with E-state index in [9.17, 15) is 9.59 Å². The van der Waals surface area contributed by atoms with E-state index in [0.29, 0.717) is 11.7 Å². The molecular weight excluding hydrogens is 470 g/mol. The molecule has 1 aromatic carbocycles. The topological polar surface area (TPSA) is 91.8 Å². The summed E-state index contributed by atoms with van der Waals surface area (Å²) in [6.07, 6.45) is 12.0. The number of carboxylic acids is 1. The van der Waals surface area contributed by atoms with Gasteiger partial charge in [-0.1, -0.05) is 67.4 Å². The van der Waals surface area contributed by atoms with E-state index in [1.807, 2.05) is 23.1 Å². The first-order valence-corrected chi connectivity index (χ1v) is 13.9. The molecule has 2 fully saturated rings. The summed E-state index contributed by atoms with van der Waals surface area (Å²) >= 11 is 2.52. The molecule has 0 saturated heterocycles. The normalized spacial score (nSPS) is 18.4. The van der Waals surface area contributed by atoms with Crippen molar-refractivity contribution < 1.29 is 19.4 Å². The average Bonchev–Trinajstić information content (AvgIpc) is 3.31. The molecule has 34 heavy (non-hydrogen) atoms. The Balaban J connectivity index is 1.55. The highest BCUT2D eigenvalue weighted by Gasteiger charge is 2.45. The maximum atomic E-state index is 13.8. The van der Waals surface area contributed by atoms with Crippen LogP contribution in [0.3, 0.4) is 0 Å². The number of aliphatic carboxylic acids is 1. The SMILES string of the molecule is O=C(O)CSc1cnc(NC(=O)N(C2CCCCC2)C2(OCc3ccccc3)CCCCC2)s1. The first-order chi connectivity index (χ1) is 16.6. The first-order valence-electron chi connectivity index (χ1n) is 12.1. The first kappa shape index (κ1) is 25.0. The molecule has 0 atom stereocenters. The summed E-state index contributed by atoms with van der Waals surface area (Å²) in [5.74, 6) is -0.900. The lowest BCUT2D eigenvalue weighted by molar-refractivity contribution is -0.176. The number of urea groups is 1. The highest BCUT2D eigenvalue weighted by molar-refractivity contribution is 8.01. The predicted octanol–water partition coefficient (Wildman–Crippen LogP) is 6.36. The molecule has 2 aromatic rings. The Labute approximate surface area is 209 Å². The standard InChI is InChI=1S/C25H33N3O4S2/c29-21(30)18-33-22-16-26-23(34-22)27-24(31)28(20-12-6-2-7-13-20)25(14-8-3-9-15-25)32-17-19-10-4-1-5-11-19/h1,4-5,10-11,16,20H,2-3,6-9,12-15,17-18H2,(H,29,30)(H,26,27,31). The van der Waals surface area contributed by atoms with Crippen LogP contribution >= 0.6 is 23.1 Å². The number of carbonyl (C=O) groups excluding carboxylic acids is 1. The van der Waals surface area contributed by atoms with Gasteiger partial charge >= 0.3 is 12.0 Å². The van der Waals surface area contributed by atoms with Crippen LogP contribution in [0, 0.1) is 0 Å². The van der Waals surface area contributed by atoms with Crippen LogP contribution in [0.25, 0.3) is 0 Å². The Morgan fingerprint density at radius 2 is 1.82 bits per heavy atom. The number of carbonyl (C=O) groups is 2. The number of nitrogens with one attached hydrogen (secondary N) is 1. The molecule has 0 bridgehead atoms. The lowest BCUT2D eigenvalue weighted by Gasteiger charge is -2.50. The third-order valence-corrected chi connectivity index (χ3v) is 8.71. The molecule has 2 amide bonds. The number of aromatic nitrogens is 1. The van der Waals surface area contributed by atoms with Gasteiger partial charge in [0, 0.05) is 6.04 Å². The highest BCUT2D eigenvalue weighted by Crippen LogP contribution is 2.40. The van der Waals surface area contributed by atoms with Gasteiger partial charge in [0.1, 0.15) is 5.72 Å². The molecule has 9 heteroatoms. The van der Waals surface area contributed by atoms with E-state index in [4.69, 9.17) is 9.84 Å². The number of hydrogen-bond donors (Lipinski definition) is 2. The maximum absolute atomic E-state index is 13.8. The second kappa shape index (κ2) is 12.0. The van der Waals surface area contributed by atoms with Gasteiger partial charge in [0.15, 0.2) is 5.13 Å². The summed E-state index contributed by atoms with van der Waals surface area (Å²) in [5.41, 5.74) is 0.481. The zero-order valence-corrected chi connectivity index (χ0v) is 21.0. The van der Waals surface area contributed by atoms with Crippen molar-refractivity contribution in [3.05, 3.63) is 42.1 Å². The number of hydrogen-bond acceptors (Lipinski definition) is 6. The number of amides is 2. The molecule has 1 heterocycles. The van der Waals surface area contributed by atoms with Crippen LogP contribution < -0.4 is 5.32 Å². The van der Waals surface area contributed by atoms with Crippen LogP contribution in [-0.4, -0.2) is 44.5 Å². The quantitative estimate of drug-likeness (QED) is 0.305. The predicted molar refractivity (Wildman–Crippen MR) is 135 cm³/mol. The van der Waals surface area contributed by atoms with E-state index >= 15 is 0 Å². The lowest BCUT2D eigenvalue weighted by atomic mass is 9.86. The number of anilines is 1. The number of thiazole rings is 1. The van der Waals surface area contributed by atoms with Gasteiger partial charge in [-0.15, -0.1) is 11.8 Å². The number of benzene rings is 1. The van der Waals surface area contributed by atoms with Crippen LogP contribution in [0.5, 0.6) is 0 Å². The molecule has 1 aromatic heterocycles. The van der Waals surface area contributed by atoms with Crippen molar-refractivity contribution >= 4 is 40.2 Å². The molecule has 184 valence electrons. The lowest BCUT2D eigenvalue weighted by Crippen LogP contribution is -2.60. The fourth-order valence-electron chi connectivity index (χ4n) is 5.04. The minimum absolute atomic E-state index is 0.0276. The molecule has 2 aliphatic carbocycles. The number of nitrogens with zero attached hydrogens (tertiary/aromatic N) is 2. The largest absolute Gasteiger partial charge is 0.481 e. The Bertz CT molecular complexity index is 941. The minimum atomic E-state index is -0.873. The van der Waals surface area contributed by atoms with Gasteiger partial charge in [-0.05, 0) is 44.1 Å². The van der Waals surface area contributed by atoms with Gasteiger partial charge in [0.25, 0.3) is 0 Å². The van der Waals surface area contributed by atoms with Gasteiger partial charge < -0.3 is 9.84 Å². The number of thioether (sulfide) groups is 1. The number of ether oxygens (including phenoxy) is 1. The van der Waals surface area contributed by atoms with Crippen molar-refractivity contribution in [2.45, 2.75) is 86.8 Å². The number of carboxylic acid groups (broad SMARTS) is 1. The summed E-state index contributed by atoms with van der Waals surface area (Å²) < 4.78 is 7.45. The highest BCUT2D eigenvalue weighted by atomic mass is 32.2. The zero-order valence-electron chi connectivity index (χ0n) is 19.4. The third-order valence-electron chi connectivity index (χ3n) is 6.62. The van der Waals surface area contributed by atoms with Gasteiger partial charge in [0.2, 0.25) is 0 Å².